The van der Waals surface area contributed by atoms with E-state index >= 15 is 0 Å². The molecule has 0 amide bonds. The molecule has 1 aliphatic carbocycles. The average Bonchev–Trinajstić information content (AvgIpc) is 3.01. The highest BCUT2D eigenvalue weighted by Gasteiger charge is 2.26. The fourth-order valence-electron chi connectivity index (χ4n) is 3.10. The van der Waals surface area contributed by atoms with Crippen LogP contribution in [0.1, 0.15) is 42.5 Å². The van der Waals surface area contributed by atoms with Gasteiger partial charge in [0.1, 0.15) is 11.1 Å². The number of hydrogen-bond acceptors (Lipinski definition) is 4. The van der Waals surface area contributed by atoms with E-state index in [2.05, 4.69) is 22.2 Å². The molecule has 1 saturated heterocycles. The van der Waals surface area contributed by atoms with Crippen molar-refractivity contribution in [1.82, 2.24) is 9.88 Å². The molecule has 1 atom stereocenters. The second-order valence-electron chi connectivity index (χ2n) is 5.60. The Morgan fingerprint density at radius 3 is 3.00 bits per heavy atom. The molecule has 3 rings (SSSR count). The van der Waals surface area contributed by atoms with Crippen molar-refractivity contribution in [3.63, 3.8) is 0 Å². The molecule has 1 saturated carbocycles. The van der Waals surface area contributed by atoms with Crippen molar-refractivity contribution in [2.45, 2.75) is 38.7 Å². The number of rotatable bonds is 3. The Hall–Kier alpha value is -0.450. The lowest BCUT2D eigenvalue weighted by molar-refractivity contribution is -0.0343. The third-order valence-corrected chi connectivity index (χ3v) is 5.11. The number of ether oxygens (including phenoxy) is 1. The Kier molecular flexibility index (Phi) is 3.97. The second-order valence-corrected chi connectivity index (χ2v) is 6.49. The maximum absolute atomic E-state index is 5.88. The number of hydrogen-bond donors (Lipinski definition) is 0. The summed E-state index contributed by atoms with van der Waals surface area (Å²) in [6.07, 6.45) is 5.93. The highest BCUT2D eigenvalue weighted by atomic mass is 32.1. The number of morpholine rings is 1. The summed E-state index contributed by atoms with van der Waals surface area (Å²) in [4.78, 5) is 7.15. The van der Waals surface area contributed by atoms with Crippen LogP contribution in [-0.4, -0.2) is 36.1 Å². The van der Waals surface area contributed by atoms with Crippen LogP contribution in [0.25, 0.3) is 0 Å². The molecule has 0 bridgehead atoms. The lowest BCUT2D eigenvalue weighted by Crippen LogP contribution is -2.40. The van der Waals surface area contributed by atoms with Crippen LogP contribution in [0.2, 0.25) is 0 Å². The smallest absolute Gasteiger partial charge is 0.123 e. The standard InChI is InChI=1S/C14H22N2OS/c1-11-10-18-14(15-11)13-9-16(6-7-17-13)8-12-4-2-3-5-12/h10,12-13H,2-9H2,1H3/t13-/m0/s1. The Bertz CT molecular complexity index is 387. The Morgan fingerprint density at radius 2 is 2.28 bits per heavy atom. The van der Waals surface area contributed by atoms with E-state index in [-0.39, 0.29) is 6.10 Å². The van der Waals surface area contributed by atoms with Gasteiger partial charge in [-0.1, -0.05) is 12.8 Å². The average molecular weight is 266 g/mol. The van der Waals surface area contributed by atoms with Gasteiger partial charge in [-0.05, 0) is 25.7 Å². The van der Waals surface area contributed by atoms with E-state index < -0.39 is 0 Å². The number of aryl methyl sites for hydroxylation is 1. The molecule has 4 heteroatoms. The molecule has 18 heavy (non-hydrogen) atoms. The first-order valence-electron chi connectivity index (χ1n) is 7.07. The highest BCUT2D eigenvalue weighted by molar-refractivity contribution is 7.09. The molecule has 100 valence electrons. The fourth-order valence-corrected chi connectivity index (χ4v) is 3.93. The SMILES string of the molecule is Cc1csc([C@@H]2CN(CC3CCCC3)CCO2)n1. The first-order chi connectivity index (χ1) is 8.81. The zero-order valence-corrected chi connectivity index (χ0v) is 11.9. The van der Waals surface area contributed by atoms with Crippen LogP contribution in [0, 0.1) is 12.8 Å². The molecule has 1 aromatic heterocycles. The van der Waals surface area contributed by atoms with Crippen molar-refractivity contribution in [2.75, 3.05) is 26.2 Å². The fraction of sp³-hybridized carbons (Fsp3) is 0.786. The largest absolute Gasteiger partial charge is 0.368 e. The Labute approximate surface area is 113 Å². The lowest BCUT2D eigenvalue weighted by atomic mass is 10.1. The normalized spacial score (nSPS) is 26.8. The van der Waals surface area contributed by atoms with E-state index in [0.717, 1.165) is 36.3 Å². The molecule has 0 radical (unpaired) electrons. The molecule has 3 nitrogen and oxygen atoms in total. The van der Waals surface area contributed by atoms with Crippen molar-refractivity contribution < 1.29 is 4.74 Å². The summed E-state index contributed by atoms with van der Waals surface area (Å²) >= 11 is 1.74. The first kappa shape index (κ1) is 12.6. The van der Waals surface area contributed by atoms with Crippen molar-refractivity contribution in [2.24, 2.45) is 5.92 Å². The summed E-state index contributed by atoms with van der Waals surface area (Å²) in [5.41, 5.74) is 1.12. The highest BCUT2D eigenvalue weighted by Crippen LogP contribution is 2.29. The Morgan fingerprint density at radius 1 is 1.44 bits per heavy atom. The Balaban J connectivity index is 1.57. The van der Waals surface area contributed by atoms with Gasteiger partial charge in [-0.3, -0.25) is 4.90 Å². The maximum Gasteiger partial charge on any atom is 0.123 e. The molecule has 0 spiro atoms. The number of nitrogens with zero attached hydrogens (tertiary/aromatic N) is 2. The van der Waals surface area contributed by atoms with Crippen LogP contribution < -0.4 is 0 Å². The van der Waals surface area contributed by atoms with Crippen molar-refractivity contribution >= 4 is 11.3 Å². The zero-order chi connectivity index (χ0) is 12.4. The van der Waals surface area contributed by atoms with Crippen LogP contribution in [-0.2, 0) is 4.74 Å². The van der Waals surface area contributed by atoms with Crippen LogP contribution >= 0.6 is 11.3 Å². The third-order valence-electron chi connectivity index (χ3n) is 4.05. The van der Waals surface area contributed by atoms with Gasteiger partial charge in [-0.25, -0.2) is 4.98 Å². The van der Waals surface area contributed by atoms with Gasteiger partial charge in [0.05, 0.1) is 6.61 Å². The van der Waals surface area contributed by atoms with Gasteiger partial charge >= 0.3 is 0 Å². The lowest BCUT2D eigenvalue weighted by Gasteiger charge is -2.33. The van der Waals surface area contributed by atoms with Gasteiger partial charge in [0, 0.05) is 30.7 Å². The van der Waals surface area contributed by atoms with Gasteiger partial charge in [-0.15, -0.1) is 11.3 Å². The third kappa shape index (κ3) is 2.92. The molecule has 0 N–H and O–H groups in total. The monoisotopic (exact) mass is 266 g/mol. The minimum atomic E-state index is 0.207. The first-order valence-corrected chi connectivity index (χ1v) is 7.95. The summed E-state index contributed by atoms with van der Waals surface area (Å²) in [5.74, 6) is 0.932. The second kappa shape index (κ2) is 5.68. The van der Waals surface area contributed by atoms with E-state index in [4.69, 9.17) is 4.74 Å². The van der Waals surface area contributed by atoms with Crippen LogP contribution in [0.3, 0.4) is 0 Å². The van der Waals surface area contributed by atoms with Crippen molar-refractivity contribution in [3.05, 3.63) is 16.1 Å². The van der Waals surface area contributed by atoms with Gasteiger partial charge in [0.2, 0.25) is 0 Å². The van der Waals surface area contributed by atoms with E-state index in [1.54, 1.807) is 11.3 Å². The minimum absolute atomic E-state index is 0.207. The van der Waals surface area contributed by atoms with Crippen molar-refractivity contribution in [3.8, 4) is 0 Å². The van der Waals surface area contributed by atoms with Gasteiger partial charge < -0.3 is 4.74 Å². The van der Waals surface area contributed by atoms with Crippen molar-refractivity contribution in [1.29, 1.82) is 0 Å². The molecule has 0 unspecified atom stereocenters. The zero-order valence-electron chi connectivity index (χ0n) is 11.1. The van der Waals surface area contributed by atoms with Crippen LogP contribution in [0.5, 0.6) is 0 Å². The maximum atomic E-state index is 5.88. The van der Waals surface area contributed by atoms with E-state index in [0.29, 0.717) is 0 Å². The topological polar surface area (TPSA) is 25.4 Å². The van der Waals surface area contributed by atoms with Crippen LogP contribution in [0.4, 0.5) is 0 Å². The molecule has 0 aromatic carbocycles. The minimum Gasteiger partial charge on any atom is -0.368 e. The van der Waals surface area contributed by atoms with Gasteiger partial charge in [-0.2, -0.15) is 0 Å². The van der Waals surface area contributed by atoms with Gasteiger partial charge in [0.25, 0.3) is 0 Å². The molecule has 2 aliphatic rings. The summed E-state index contributed by atoms with van der Waals surface area (Å²) < 4.78 is 5.88. The number of thiazole rings is 1. The molecule has 2 heterocycles. The summed E-state index contributed by atoms with van der Waals surface area (Å²) in [6.45, 7) is 6.31. The quantitative estimate of drug-likeness (QED) is 0.841. The molecule has 1 aromatic rings. The van der Waals surface area contributed by atoms with E-state index in [1.807, 2.05) is 0 Å². The summed E-state index contributed by atoms with van der Waals surface area (Å²) in [6, 6.07) is 0. The molecule has 2 fully saturated rings. The summed E-state index contributed by atoms with van der Waals surface area (Å²) in [7, 11) is 0. The molecule has 1 aliphatic heterocycles. The van der Waals surface area contributed by atoms with Crippen LogP contribution in [0.15, 0.2) is 5.38 Å². The van der Waals surface area contributed by atoms with E-state index in [1.165, 1.54) is 32.2 Å². The number of aromatic nitrogens is 1. The predicted molar refractivity (Wildman–Crippen MR) is 73.9 cm³/mol. The molecular formula is C14H22N2OS. The summed E-state index contributed by atoms with van der Waals surface area (Å²) in [5, 5.41) is 3.28. The predicted octanol–water partition coefficient (Wildman–Crippen LogP) is 3.02. The van der Waals surface area contributed by atoms with Gasteiger partial charge in [0.15, 0.2) is 0 Å². The van der Waals surface area contributed by atoms with E-state index in [9.17, 15) is 0 Å². The molecular weight excluding hydrogens is 244 g/mol.